The molecule has 0 heterocycles. The first-order valence-electron chi connectivity index (χ1n) is 6.00. The molecule has 3 N–H and O–H groups in total. The van der Waals surface area contributed by atoms with Crippen LogP contribution in [0, 0.1) is 5.92 Å². The molecular formula is C12H17ClN2O2S. The van der Waals surface area contributed by atoms with Crippen LogP contribution in [0.3, 0.4) is 0 Å². The molecule has 1 aromatic carbocycles. The van der Waals surface area contributed by atoms with Crippen LogP contribution in [-0.2, 0) is 10.0 Å². The Morgan fingerprint density at radius 2 is 2.17 bits per heavy atom. The number of nitrogens with one attached hydrogen (secondary N) is 1. The minimum absolute atomic E-state index is 0.0834. The number of halogens is 1. The number of anilines is 1. The van der Waals surface area contributed by atoms with E-state index in [9.17, 15) is 8.42 Å². The third-order valence-corrected chi connectivity index (χ3v) is 4.48. The van der Waals surface area contributed by atoms with Crippen molar-refractivity contribution < 1.29 is 8.42 Å². The maximum Gasteiger partial charge on any atom is 0.238 e. The standard InChI is InChI=1S/C12H17ClN2O2S/c1-2-11(8-3-4-8)15-12-7-9(18(14,16)17)5-6-10(12)13/h5-8,11,15H,2-4H2,1H3,(H2,14,16,17). The second kappa shape index (κ2) is 5.07. The van der Waals surface area contributed by atoms with E-state index in [0.29, 0.717) is 22.7 Å². The molecule has 2 rings (SSSR count). The molecule has 1 fully saturated rings. The van der Waals surface area contributed by atoms with Gasteiger partial charge in [-0.25, -0.2) is 13.6 Å². The Bertz CT molecular complexity index is 541. The minimum Gasteiger partial charge on any atom is -0.381 e. The lowest BCUT2D eigenvalue weighted by atomic mass is 10.1. The summed E-state index contributed by atoms with van der Waals surface area (Å²) in [5.41, 5.74) is 0.641. The number of rotatable bonds is 5. The fourth-order valence-corrected chi connectivity index (χ4v) is 2.76. The maximum absolute atomic E-state index is 11.3. The molecule has 1 saturated carbocycles. The number of sulfonamides is 1. The molecule has 1 atom stereocenters. The van der Waals surface area contributed by atoms with Crippen molar-refractivity contribution in [3.8, 4) is 0 Å². The zero-order valence-corrected chi connectivity index (χ0v) is 11.8. The van der Waals surface area contributed by atoms with Crippen LogP contribution in [0.25, 0.3) is 0 Å². The summed E-state index contributed by atoms with van der Waals surface area (Å²) in [7, 11) is -3.69. The van der Waals surface area contributed by atoms with E-state index in [1.807, 2.05) is 0 Å². The smallest absolute Gasteiger partial charge is 0.238 e. The fourth-order valence-electron chi connectivity index (χ4n) is 2.04. The van der Waals surface area contributed by atoms with Crippen LogP contribution >= 0.6 is 11.6 Å². The molecule has 0 radical (unpaired) electrons. The summed E-state index contributed by atoms with van der Waals surface area (Å²) < 4.78 is 22.6. The van der Waals surface area contributed by atoms with Crippen LogP contribution in [0.2, 0.25) is 5.02 Å². The third kappa shape index (κ3) is 3.16. The van der Waals surface area contributed by atoms with Crippen LogP contribution in [0.1, 0.15) is 26.2 Å². The van der Waals surface area contributed by atoms with Gasteiger partial charge in [-0.15, -0.1) is 0 Å². The zero-order chi connectivity index (χ0) is 13.3. The Morgan fingerprint density at radius 3 is 2.67 bits per heavy atom. The number of primary sulfonamides is 1. The Morgan fingerprint density at radius 1 is 1.50 bits per heavy atom. The lowest BCUT2D eigenvalue weighted by Gasteiger charge is -2.19. The second-order valence-corrected chi connectivity index (χ2v) is 6.65. The van der Waals surface area contributed by atoms with Gasteiger partial charge in [0.15, 0.2) is 0 Å². The van der Waals surface area contributed by atoms with Gasteiger partial charge in [-0.05, 0) is 43.4 Å². The Kier molecular flexibility index (Phi) is 3.84. The highest BCUT2D eigenvalue weighted by Crippen LogP contribution is 2.37. The Balaban J connectivity index is 2.26. The van der Waals surface area contributed by atoms with Crippen LogP contribution < -0.4 is 10.5 Å². The van der Waals surface area contributed by atoms with Crippen molar-refractivity contribution in [2.24, 2.45) is 11.1 Å². The number of hydrogen-bond donors (Lipinski definition) is 2. The van der Waals surface area contributed by atoms with E-state index in [-0.39, 0.29) is 4.90 Å². The average molecular weight is 289 g/mol. The van der Waals surface area contributed by atoms with Crippen LogP contribution in [0.15, 0.2) is 23.1 Å². The molecule has 1 aromatic rings. The largest absolute Gasteiger partial charge is 0.381 e. The van der Waals surface area contributed by atoms with Gasteiger partial charge in [-0.3, -0.25) is 0 Å². The summed E-state index contributed by atoms with van der Waals surface area (Å²) in [6.45, 7) is 2.10. The van der Waals surface area contributed by atoms with E-state index in [0.717, 1.165) is 6.42 Å². The van der Waals surface area contributed by atoms with Crippen molar-refractivity contribution in [2.45, 2.75) is 37.1 Å². The van der Waals surface area contributed by atoms with Gasteiger partial charge < -0.3 is 5.32 Å². The topological polar surface area (TPSA) is 72.2 Å². The summed E-state index contributed by atoms with van der Waals surface area (Å²) in [6.07, 6.45) is 3.43. The molecule has 1 aliphatic rings. The van der Waals surface area contributed by atoms with Gasteiger partial charge in [0, 0.05) is 6.04 Å². The van der Waals surface area contributed by atoms with E-state index in [4.69, 9.17) is 16.7 Å². The first-order valence-corrected chi connectivity index (χ1v) is 7.93. The highest BCUT2D eigenvalue weighted by Gasteiger charge is 2.30. The lowest BCUT2D eigenvalue weighted by molar-refractivity contribution is 0.597. The second-order valence-electron chi connectivity index (χ2n) is 4.68. The molecule has 0 spiro atoms. The quantitative estimate of drug-likeness (QED) is 0.875. The molecule has 1 unspecified atom stereocenters. The van der Waals surface area contributed by atoms with Crippen LogP contribution in [0.4, 0.5) is 5.69 Å². The van der Waals surface area contributed by atoms with Crippen LogP contribution in [0.5, 0.6) is 0 Å². The van der Waals surface area contributed by atoms with E-state index in [2.05, 4.69) is 12.2 Å². The maximum atomic E-state index is 11.3. The molecule has 100 valence electrons. The van der Waals surface area contributed by atoms with E-state index in [1.165, 1.54) is 25.0 Å². The molecule has 6 heteroatoms. The van der Waals surface area contributed by atoms with E-state index >= 15 is 0 Å². The number of benzene rings is 1. The predicted molar refractivity (Wildman–Crippen MR) is 73.3 cm³/mol. The summed E-state index contributed by atoms with van der Waals surface area (Å²) in [6, 6.07) is 4.82. The SMILES string of the molecule is CCC(Nc1cc(S(N)(=O)=O)ccc1Cl)C1CC1. The number of nitrogens with two attached hydrogens (primary N) is 1. The Labute approximate surface area is 113 Å². The molecule has 18 heavy (non-hydrogen) atoms. The van der Waals surface area contributed by atoms with Crippen molar-refractivity contribution in [3.05, 3.63) is 23.2 Å². The van der Waals surface area contributed by atoms with Gasteiger partial charge in [0.1, 0.15) is 0 Å². The lowest BCUT2D eigenvalue weighted by Crippen LogP contribution is -2.21. The molecule has 1 aliphatic carbocycles. The molecule has 0 saturated heterocycles. The van der Waals surface area contributed by atoms with Gasteiger partial charge in [0.25, 0.3) is 0 Å². The van der Waals surface area contributed by atoms with Crippen molar-refractivity contribution in [1.29, 1.82) is 0 Å². The third-order valence-electron chi connectivity index (χ3n) is 3.24. The first kappa shape index (κ1) is 13.6. The van der Waals surface area contributed by atoms with Gasteiger partial charge in [-0.1, -0.05) is 18.5 Å². The fraction of sp³-hybridized carbons (Fsp3) is 0.500. The summed E-state index contributed by atoms with van der Waals surface area (Å²) >= 11 is 6.07. The molecule has 4 nitrogen and oxygen atoms in total. The van der Waals surface area contributed by atoms with Gasteiger partial charge in [0.05, 0.1) is 15.6 Å². The molecular weight excluding hydrogens is 272 g/mol. The molecule has 0 amide bonds. The number of hydrogen-bond acceptors (Lipinski definition) is 3. The normalized spacial score (nSPS) is 17.5. The minimum atomic E-state index is -3.69. The van der Waals surface area contributed by atoms with Crippen molar-refractivity contribution in [3.63, 3.8) is 0 Å². The molecule has 0 aliphatic heterocycles. The first-order chi connectivity index (χ1) is 8.41. The van der Waals surface area contributed by atoms with Crippen molar-refractivity contribution >= 4 is 27.3 Å². The van der Waals surface area contributed by atoms with Crippen LogP contribution in [-0.4, -0.2) is 14.5 Å². The molecule has 0 bridgehead atoms. The summed E-state index contributed by atoms with van der Waals surface area (Å²) in [5, 5.41) is 8.95. The van der Waals surface area contributed by atoms with E-state index in [1.54, 1.807) is 6.07 Å². The average Bonchev–Trinajstić information content (AvgIpc) is 3.10. The monoisotopic (exact) mass is 288 g/mol. The molecule has 0 aromatic heterocycles. The highest BCUT2D eigenvalue weighted by atomic mass is 35.5. The zero-order valence-electron chi connectivity index (χ0n) is 10.2. The van der Waals surface area contributed by atoms with Gasteiger partial charge in [-0.2, -0.15) is 0 Å². The summed E-state index contributed by atoms with van der Waals surface area (Å²) in [4.78, 5) is 0.0834. The predicted octanol–water partition coefficient (Wildman–Crippen LogP) is 2.59. The van der Waals surface area contributed by atoms with Crippen molar-refractivity contribution in [1.82, 2.24) is 0 Å². The van der Waals surface area contributed by atoms with Crippen molar-refractivity contribution in [2.75, 3.05) is 5.32 Å². The summed E-state index contributed by atoms with van der Waals surface area (Å²) in [5.74, 6) is 0.671. The van der Waals surface area contributed by atoms with Gasteiger partial charge in [0.2, 0.25) is 10.0 Å². The van der Waals surface area contributed by atoms with Gasteiger partial charge >= 0.3 is 0 Å². The highest BCUT2D eigenvalue weighted by molar-refractivity contribution is 7.89. The van der Waals surface area contributed by atoms with E-state index < -0.39 is 10.0 Å². The Hall–Kier alpha value is -0.780.